The average molecular weight is 363 g/mol. The first-order valence-corrected chi connectivity index (χ1v) is 10.8. The van der Waals surface area contributed by atoms with Crippen molar-refractivity contribution in [3.8, 4) is 11.1 Å². The monoisotopic (exact) mass is 362 g/mol. The lowest BCUT2D eigenvalue weighted by molar-refractivity contribution is 0.618. The highest BCUT2D eigenvalue weighted by molar-refractivity contribution is 5.78. The lowest BCUT2D eigenvalue weighted by Crippen LogP contribution is -2.03. The van der Waals surface area contributed by atoms with Gasteiger partial charge in [0.05, 0.1) is 0 Å². The van der Waals surface area contributed by atoms with Crippen LogP contribution in [-0.2, 0) is 12.8 Å². The van der Waals surface area contributed by atoms with Crippen molar-refractivity contribution in [3.63, 3.8) is 0 Å². The van der Waals surface area contributed by atoms with Gasteiger partial charge in [0, 0.05) is 11.8 Å². The zero-order valence-electron chi connectivity index (χ0n) is 16.5. The first-order valence-electron chi connectivity index (χ1n) is 10.8. The molecular formula is C28H26. The second-order valence-corrected chi connectivity index (χ2v) is 8.85. The quantitative estimate of drug-likeness (QED) is 0.459. The number of hydrogen-bond donors (Lipinski definition) is 0. The fraction of sp³-hybridized carbons (Fsp3) is 0.286. The molecule has 0 radical (unpaired) electrons. The number of aryl methyl sites for hydroxylation is 2. The van der Waals surface area contributed by atoms with Gasteiger partial charge in [-0.25, -0.2) is 0 Å². The van der Waals surface area contributed by atoms with E-state index in [0.717, 1.165) is 0 Å². The summed E-state index contributed by atoms with van der Waals surface area (Å²) in [4.78, 5) is 0. The molecule has 1 unspecified atom stereocenters. The molecule has 0 nitrogen and oxygen atoms in total. The molecular weight excluding hydrogens is 336 g/mol. The predicted octanol–water partition coefficient (Wildman–Crippen LogP) is 7.27. The van der Waals surface area contributed by atoms with E-state index < -0.39 is 0 Å². The van der Waals surface area contributed by atoms with Crippen LogP contribution in [0.2, 0.25) is 0 Å². The maximum absolute atomic E-state index is 2.55. The fourth-order valence-electron chi connectivity index (χ4n) is 5.97. The van der Waals surface area contributed by atoms with Gasteiger partial charge in [0.1, 0.15) is 0 Å². The van der Waals surface area contributed by atoms with E-state index in [1.807, 2.05) is 0 Å². The van der Waals surface area contributed by atoms with Crippen LogP contribution < -0.4 is 0 Å². The molecule has 28 heavy (non-hydrogen) atoms. The predicted molar refractivity (Wildman–Crippen MR) is 118 cm³/mol. The Labute approximate surface area is 167 Å². The molecule has 0 heterocycles. The second kappa shape index (κ2) is 6.21. The van der Waals surface area contributed by atoms with Crippen molar-refractivity contribution < 1.29 is 0 Å². The van der Waals surface area contributed by atoms with Gasteiger partial charge in [0.15, 0.2) is 0 Å². The molecule has 0 amide bonds. The topological polar surface area (TPSA) is 0 Å². The van der Waals surface area contributed by atoms with Gasteiger partial charge in [-0.1, -0.05) is 72.3 Å². The minimum absolute atomic E-state index is 0.540. The number of hydrogen-bond acceptors (Lipinski definition) is 0. The van der Waals surface area contributed by atoms with Crippen LogP contribution in [0.25, 0.3) is 17.2 Å². The van der Waals surface area contributed by atoms with E-state index in [9.17, 15) is 0 Å². The Hall–Kier alpha value is -2.60. The molecule has 0 saturated heterocycles. The Kier molecular flexibility index (Phi) is 3.63. The fourth-order valence-corrected chi connectivity index (χ4v) is 5.97. The maximum Gasteiger partial charge on any atom is 0.0102 e. The molecule has 0 aromatic heterocycles. The van der Waals surface area contributed by atoms with Gasteiger partial charge in [-0.3, -0.25) is 0 Å². The molecule has 3 aromatic carbocycles. The van der Waals surface area contributed by atoms with Gasteiger partial charge in [0.25, 0.3) is 0 Å². The largest absolute Gasteiger partial charge is 0.0652 e. The van der Waals surface area contributed by atoms with Crippen molar-refractivity contribution in [3.05, 3.63) is 99.6 Å². The van der Waals surface area contributed by atoms with Gasteiger partial charge < -0.3 is 0 Å². The highest BCUT2D eigenvalue weighted by Gasteiger charge is 2.31. The Morgan fingerprint density at radius 2 is 1.32 bits per heavy atom. The van der Waals surface area contributed by atoms with Crippen molar-refractivity contribution in [2.75, 3.05) is 0 Å². The van der Waals surface area contributed by atoms with Crippen LogP contribution in [0, 0.1) is 0 Å². The molecule has 0 fully saturated rings. The smallest absolute Gasteiger partial charge is 0.0102 e. The van der Waals surface area contributed by atoms with Crippen molar-refractivity contribution in [1.29, 1.82) is 0 Å². The third kappa shape index (κ3) is 2.37. The van der Waals surface area contributed by atoms with Gasteiger partial charge in [-0.15, -0.1) is 0 Å². The highest BCUT2D eigenvalue weighted by Crippen LogP contribution is 2.49. The van der Waals surface area contributed by atoms with Crippen molar-refractivity contribution >= 4 is 6.08 Å². The molecule has 0 spiro atoms. The molecule has 0 saturated carbocycles. The molecule has 0 N–H and O–H groups in total. The molecule has 3 aliphatic carbocycles. The number of benzene rings is 3. The van der Waals surface area contributed by atoms with E-state index in [1.54, 1.807) is 22.3 Å². The van der Waals surface area contributed by atoms with Crippen molar-refractivity contribution in [1.82, 2.24) is 0 Å². The Morgan fingerprint density at radius 3 is 2.04 bits per heavy atom. The molecule has 3 aliphatic rings. The van der Waals surface area contributed by atoms with E-state index in [1.165, 1.54) is 59.9 Å². The lowest BCUT2D eigenvalue weighted by Gasteiger charge is -2.20. The summed E-state index contributed by atoms with van der Waals surface area (Å²) in [6.07, 6.45) is 8.80. The lowest BCUT2D eigenvalue weighted by atomic mass is 9.84. The summed E-state index contributed by atoms with van der Waals surface area (Å²) in [5.74, 6) is 1.14. The van der Waals surface area contributed by atoms with Crippen LogP contribution in [-0.4, -0.2) is 0 Å². The van der Waals surface area contributed by atoms with Crippen LogP contribution in [0.15, 0.2) is 66.2 Å². The Morgan fingerprint density at radius 1 is 0.714 bits per heavy atom. The van der Waals surface area contributed by atoms with Crippen LogP contribution in [0.3, 0.4) is 0 Å². The minimum atomic E-state index is 0.540. The van der Waals surface area contributed by atoms with Crippen molar-refractivity contribution in [2.45, 2.75) is 50.9 Å². The third-order valence-electron chi connectivity index (χ3n) is 7.31. The number of allylic oxidation sites excluding steroid dienone is 1. The van der Waals surface area contributed by atoms with Crippen LogP contribution in [0.5, 0.6) is 0 Å². The van der Waals surface area contributed by atoms with Crippen LogP contribution in [0.1, 0.15) is 71.4 Å². The Balaban J connectivity index is 1.32. The summed E-state index contributed by atoms with van der Waals surface area (Å²) in [5.41, 5.74) is 13.8. The first-order chi connectivity index (χ1) is 13.8. The van der Waals surface area contributed by atoms with Crippen LogP contribution in [0.4, 0.5) is 0 Å². The summed E-state index contributed by atoms with van der Waals surface area (Å²) in [5, 5.41) is 0. The Bertz CT molecular complexity index is 1070. The summed E-state index contributed by atoms with van der Waals surface area (Å²) in [6, 6.07) is 23.1. The number of rotatable bonds is 3. The second-order valence-electron chi connectivity index (χ2n) is 8.85. The van der Waals surface area contributed by atoms with E-state index in [2.05, 4.69) is 73.7 Å². The minimum Gasteiger partial charge on any atom is -0.0652 e. The summed E-state index contributed by atoms with van der Waals surface area (Å²) in [7, 11) is 0. The average Bonchev–Trinajstić information content (AvgIpc) is 3.38. The zero-order valence-corrected chi connectivity index (χ0v) is 16.5. The molecule has 6 rings (SSSR count). The van der Waals surface area contributed by atoms with Gasteiger partial charge in [-0.05, 0) is 83.5 Å². The standard InChI is InChI=1S/C28H26/c1-18-15-21-16-19-7-6-8-20(19)17-28(21)22(18)13-14-27-25-11-4-2-9-23(25)24-10-3-5-12-26(24)27/h2-5,9-12,15-17,22,27H,6-8,13-14H2,1H3. The first kappa shape index (κ1) is 16.4. The van der Waals surface area contributed by atoms with Gasteiger partial charge in [0.2, 0.25) is 0 Å². The van der Waals surface area contributed by atoms with Gasteiger partial charge >= 0.3 is 0 Å². The SMILES string of the molecule is CC1=Cc2cc3c(cc2C1CCC1c2ccccc2-c2ccccc21)CCC3. The molecule has 0 bridgehead atoms. The number of fused-ring (bicyclic) bond motifs is 5. The zero-order chi connectivity index (χ0) is 18.7. The van der Waals surface area contributed by atoms with E-state index >= 15 is 0 Å². The molecule has 138 valence electrons. The molecule has 0 aliphatic heterocycles. The molecule has 3 aromatic rings. The normalized spacial score (nSPS) is 19.2. The molecule has 1 atom stereocenters. The van der Waals surface area contributed by atoms with E-state index in [-0.39, 0.29) is 0 Å². The summed E-state index contributed by atoms with van der Waals surface area (Å²) < 4.78 is 0. The van der Waals surface area contributed by atoms with Crippen LogP contribution >= 0.6 is 0 Å². The third-order valence-corrected chi connectivity index (χ3v) is 7.31. The van der Waals surface area contributed by atoms with Crippen molar-refractivity contribution in [2.24, 2.45) is 0 Å². The highest BCUT2D eigenvalue weighted by atomic mass is 14.3. The molecule has 0 heteroatoms. The maximum atomic E-state index is 2.55. The summed E-state index contributed by atoms with van der Waals surface area (Å²) >= 11 is 0. The van der Waals surface area contributed by atoms with Gasteiger partial charge in [-0.2, -0.15) is 0 Å². The van der Waals surface area contributed by atoms with E-state index in [0.29, 0.717) is 11.8 Å². The summed E-state index contributed by atoms with van der Waals surface area (Å²) in [6.45, 7) is 2.34. The van der Waals surface area contributed by atoms with E-state index in [4.69, 9.17) is 0 Å².